The molecule has 5 nitrogen and oxygen atoms in total. The Balaban J connectivity index is 1.74. The molecule has 3 aliphatic rings. The molecule has 1 aliphatic carbocycles. The number of carbonyl (C=O) groups excluding carboxylic acids is 2. The summed E-state index contributed by atoms with van der Waals surface area (Å²) in [5.41, 5.74) is 1.36. The molecule has 0 bridgehead atoms. The van der Waals surface area contributed by atoms with Crippen LogP contribution in [-0.4, -0.2) is 30.1 Å². The van der Waals surface area contributed by atoms with E-state index in [1.165, 1.54) is 11.3 Å². The molecule has 6 heteroatoms. The third-order valence-electron chi connectivity index (χ3n) is 3.96. The first-order valence-corrected chi connectivity index (χ1v) is 7.63. The molecule has 0 radical (unpaired) electrons. The van der Waals surface area contributed by atoms with Crippen LogP contribution in [0.3, 0.4) is 0 Å². The summed E-state index contributed by atoms with van der Waals surface area (Å²) in [5.74, 6) is 0.266. The van der Waals surface area contributed by atoms with E-state index in [9.17, 15) is 9.59 Å². The molecule has 2 amide bonds. The molecular weight excluding hydrogens is 276 g/mol. The molecule has 1 saturated carbocycles. The van der Waals surface area contributed by atoms with Crippen LogP contribution in [0, 0.1) is 5.92 Å². The lowest BCUT2D eigenvalue weighted by molar-refractivity contribution is -0.136. The minimum Gasteiger partial charge on any atom is -0.456 e. The number of amides is 2. The van der Waals surface area contributed by atoms with Crippen molar-refractivity contribution in [1.29, 1.82) is 0 Å². The molecule has 0 saturated heterocycles. The van der Waals surface area contributed by atoms with Crippen LogP contribution >= 0.6 is 11.3 Å². The molecule has 2 aliphatic heterocycles. The fourth-order valence-electron chi connectivity index (χ4n) is 2.73. The Morgan fingerprint density at radius 1 is 1.40 bits per heavy atom. The van der Waals surface area contributed by atoms with Crippen LogP contribution in [0.4, 0.5) is 4.79 Å². The van der Waals surface area contributed by atoms with Crippen LogP contribution in [0.25, 0.3) is 0 Å². The van der Waals surface area contributed by atoms with E-state index in [1.807, 2.05) is 17.5 Å². The number of thiophene rings is 1. The largest absolute Gasteiger partial charge is 0.456 e. The van der Waals surface area contributed by atoms with Gasteiger partial charge in [0.15, 0.2) is 0 Å². The predicted molar refractivity (Wildman–Crippen MR) is 73.0 cm³/mol. The molecule has 1 fully saturated rings. The number of hydrogen-bond acceptors (Lipinski definition) is 4. The number of urea groups is 1. The molecule has 1 atom stereocenters. The maximum absolute atomic E-state index is 12.3. The zero-order chi connectivity index (χ0) is 13.7. The molecule has 104 valence electrons. The van der Waals surface area contributed by atoms with Gasteiger partial charge in [-0.25, -0.2) is 9.59 Å². The quantitative estimate of drug-likeness (QED) is 0.867. The van der Waals surface area contributed by atoms with Gasteiger partial charge >= 0.3 is 12.0 Å². The highest BCUT2D eigenvalue weighted by molar-refractivity contribution is 7.10. The van der Waals surface area contributed by atoms with Crippen LogP contribution in [0.1, 0.15) is 23.8 Å². The van der Waals surface area contributed by atoms with E-state index in [0.29, 0.717) is 18.0 Å². The van der Waals surface area contributed by atoms with Crippen molar-refractivity contribution in [1.82, 2.24) is 10.2 Å². The van der Waals surface area contributed by atoms with E-state index in [0.717, 1.165) is 23.4 Å². The summed E-state index contributed by atoms with van der Waals surface area (Å²) in [6, 6.07) is 3.38. The van der Waals surface area contributed by atoms with Crippen LogP contribution < -0.4 is 5.32 Å². The Bertz CT molecular complexity index is 604. The molecule has 1 aromatic rings. The minimum atomic E-state index is -0.358. The molecule has 3 heterocycles. The standard InChI is InChI=1S/C14H14N2O3S/c17-13-11-9(7-19-13)16(6-8-3-4-8)14(18)15-12(11)10-2-1-5-20-10/h1-2,5,8,12H,3-4,6-7H2,(H,15,18)/t12-/m0/s1. The van der Waals surface area contributed by atoms with Crippen molar-refractivity contribution in [3.8, 4) is 0 Å². The summed E-state index contributed by atoms with van der Waals surface area (Å²) in [6.07, 6.45) is 2.32. The van der Waals surface area contributed by atoms with Gasteiger partial charge < -0.3 is 10.1 Å². The maximum atomic E-state index is 12.3. The lowest BCUT2D eigenvalue weighted by Gasteiger charge is -2.32. The average Bonchev–Trinajstić information content (AvgIpc) is 2.94. The Kier molecular flexibility index (Phi) is 2.60. The van der Waals surface area contributed by atoms with Crippen molar-refractivity contribution >= 4 is 23.3 Å². The Labute approximate surface area is 120 Å². The van der Waals surface area contributed by atoms with E-state index in [1.54, 1.807) is 4.90 Å². The highest BCUT2D eigenvalue weighted by atomic mass is 32.1. The molecule has 1 N–H and O–H groups in total. The smallest absolute Gasteiger partial charge is 0.338 e. The molecule has 0 spiro atoms. The summed E-state index contributed by atoms with van der Waals surface area (Å²) in [4.78, 5) is 27.0. The first-order valence-electron chi connectivity index (χ1n) is 6.75. The SMILES string of the molecule is O=C1OCC2=C1[C@H](c1cccs1)NC(=O)N2CC1CC1. The summed E-state index contributed by atoms with van der Waals surface area (Å²) < 4.78 is 5.17. The number of cyclic esters (lactones) is 1. The second-order valence-electron chi connectivity index (χ2n) is 5.39. The number of hydrogen-bond donors (Lipinski definition) is 1. The van der Waals surface area contributed by atoms with E-state index in [2.05, 4.69) is 5.32 Å². The zero-order valence-electron chi connectivity index (χ0n) is 10.8. The topological polar surface area (TPSA) is 58.6 Å². The molecule has 0 aromatic carbocycles. The normalized spacial score (nSPS) is 25.6. The number of nitrogens with one attached hydrogen (secondary N) is 1. The van der Waals surface area contributed by atoms with Crippen LogP contribution in [0.2, 0.25) is 0 Å². The first kappa shape index (κ1) is 12.0. The molecule has 20 heavy (non-hydrogen) atoms. The zero-order valence-corrected chi connectivity index (χ0v) is 11.6. The summed E-state index contributed by atoms with van der Waals surface area (Å²) in [5, 5.41) is 4.89. The van der Waals surface area contributed by atoms with Crippen molar-refractivity contribution in [3.05, 3.63) is 33.7 Å². The molecular formula is C14H14N2O3S. The lowest BCUT2D eigenvalue weighted by Crippen LogP contribution is -2.47. The van der Waals surface area contributed by atoms with Crippen LogP contribution in [-0.2, 0) is 9.53 Å². The van der Waals surface area contributed by atoms with Gasteiger partial charge in [-0.3, -0.25) is 4.90 Å². The fourth-order valence-corrected chi connectivity index (χ4v) is 3.52. The van der Waals surface area contributed by atoms with Gasteiger partial charge in [-0.15, -0.1) is 11.3 Å². The van der Waals surface area contributed by atoms with E-state index in [-0.39, 0.29) is 24.6 Å². The van der Waals surface area contributed by atoms with E-state index in [4.69, 9.17) is 4.74 Å². The summed E-state index contributed by atoms with van der Waals surface area (Å²) in [6.45, 7) is 0.911. The Hall–Kier alpha value is -1.82. The van der Waals surface area contributed by atoms with Crippen molar-refractivity contribution in [2.45, 2.75) is 18.9 Å². The Morgan fingerprint density at radius 2 is 2.25 bits per heavy atom. The third kappa shape index (κ3) is 1.83. The Morgan fingerprint density at radius 3 is 2.95 bits per heavy atom. The third-order valence-corrected chi connectivity index (χ3v) is 4.90. The van der Waals surface area contributed by atoms with E-state index >= 15 is 0 Å². The second-order valence-corrected chi connectivity index (χ2v) is 6.37. The number of nitrogens with zero attached hydrogens (tertiary/aromatic N) is 1. The van der Waals surface area contributed by atoms with Gasteiger partial charge in [-0.05, 0) is 30.2 Å². The molecule has 1 aromatic heterocycles. The highest BCUT2D eigenvalue weighted by Crippen LogP contribution is 2.39. The monoisotopic (exact) mass is 290 g/mol. The van der Waals surface area contributed by atoms with Crippen LogP contribution in [0.5, 0.6) is 0 Å². The number of esters is 1. The van der Waals surface area contributed by atoms with Gasteiger partial charge in [0.1, 0.15) is 6.61 Å². The van der Waals surface area contributed by atoms with Gasteiger partial charge in [-0.1, -0.05) is 6.07 Å². The fraction of sp³-hybridized carbons (Fsp3) is 0.429. The maximum Gasteiger partial charge on any atom is 0.338 e. The highest BCUT2D eigenvalue weighted by Gasteiger charge is 2.43. The van der Waals surface area contributed by atoms with Crippen LogP contribution in [0.15, 0.2) is 28.8 Å². The van der Waals surface area contributed by atoms with Gasteiger partial charge in [0.05, 0.1) is 17.3 Å². The molecule has 0 unspecified atom stereocenters. The second kappa shape index (κ2) is 4.34. The van der Waals surface area contributed by atoms with Gasteiger partial charge in [0.2, 0.25) is 0 Å². The summed E-state index contributed by atoms with van der Waals surface area (Å²) >= 11 is 1.53. The van der Waals surface area contributed by atoms with Crippen molar-refractivity contribution in [3.63, 3.8) is 0 Å². The van der Waals surface area contributed by atoms with Gasteiger partial charge in [-0.2, -0.15) is 0 Å². The van der Waals surface area contributed by atoms with Gasteiger partial charge in [0, 0.05) is 11.4 Å². The summed E-state index contributed by atoms with van der Waals surface area (Å²) in [7, 11) is 0. The van der Waals surface area contributed by atoms with Crippen molar-refractivity contribution in [2.75, 3.05) is 13.2 Å². The lowest BCUT2D eigenvalue weighted by atomic mass is 10.0. The first-order chi connectivity index (χ1) is 9.74. The molecule has 4 rings (SSSR count). The van der Waals surface area contributed by atoms with E-state index < -0.39 is 0 Å². The number of rotatable bonds is 3. The van der Waals surface area contributed by atoms with Gasteiger partial charge in [0.25, 0.3) is 0 Å². The number of ether oxygens (including phenoxy) is 1. The minimum absolute atomic E-state index is 0.118. The van der Waals surface area contributed by atoms with Crippen molar-refractivity contribution < 1.29 is 14.3 Å². The number of carbonyl (C=O) groups is 2. The average molecular weight is 290 g/mol. The predicted octanol–water partition coefficient (Wildman–Crippen LogP) is 2.04. The van der Waals surface area contributed by atoms with Crippen molar-refractivity contribution in [2.24, 2.45) is 5.92 Å².